The van der Waals surface area contributed by atoms with Gasteiger partial charge in [0.25, 0.3) is 0 Å². The minimum absolute atomic E-state index is 0.0453. The van der Waals surface area contributed by atoms with Gasteiger partial charge >= 0.3 is 5.63 Å². The first-order valence-electron chi connectivity index (χ1n) is 8.78. The van der Waals surface area contributed by atoms with E-state index in [9.17, 15) is 9.90 Å². The summed E-state index contributed by atoms with van der Waals surface area (Å²) in [7, 11) is 4.71. The maximum Gasteiger partial charge on any atom is 0.348 e. The number of rotatable bonds is 5. The Kier molecular flexibility index (Phi) is 6.18. The number of nitrogens with zero attached hydrogens (tertiary/aromatic N) is 1. The number of aryl methyl sites for hydroxylation is 1. The van der Waals surface area contributed by atoms with E-state index in [0.717, 1.165) is 11.3 Å². The minimum Gasteiger partial charge on any atom is -0.507 e. The summed E-state index contributed by atoms with van der Waals surface area (Å²) in [6, 6.07) is 5.19. The topological polar surface area (TPSA) is 90.5 Å². The molecule has 3 rings (SSSR count). The molecular weight excluding hydrogens is 382 g/mol. The van der Waals surface area contributed by atoms with Gasteiger partial charge in [0.15, 0.2) is 11.5 Å². The van der Waals surface area contributed by atoms with Gasteiger partial charge in [-0.2, -0.15) is 11.8 Å². The molecule has 0 bridgehead atoms. The predicted molar refractivity (Wildman–Crippen MR) is 109 cm³/mol. The van der Waals surface area contributed by atoms with Crippen LogP contribution in [-0.4, -0.2) is 44.4 Å². The minimum atomic E-state index is -0.582. The fourth-order valence-electron chi connectivity index (χ4n) is 3.30. The molecule has 0 amide bonds. The van der Waals surface area contributed by atoms with Crippen LogP contribution in [0.3, 0.4) is 0 Å². The second-order valence-electron chi connectivity index (χ2n) is 6.22. The van der Waals surface area contributed by atoms with Crippen molar-refractivity contribution in [3.63, 3.8) is 0 Å². The Labute approximate surface area is 167 Å². The van der Waals surface area contributed by atoms with Gasteiger partial charge in [0.2, 0.25) is 5.75 Å². The first-order valence-corrected chi connectivity index (χ1v) is 9.82. The molecule has 0 fully saturated rings. The van der Waals surface area contributed by atoms with Crippen molar-refractivity contribution in [1.82, 2.24) is 0 Å². The smallest absolute Gasteiger partial charge is 0.348 e. The summed E-state index contributed by atoms with van der Waals surface area (Å²) in [5, 5.41) is 10.3. The van der Waals surface area contributed by atoms with Gasteiger partial charge in [-0.15, -0.1) is 0 Å². The van der Waals surface area contributed by atoms with Gasteiger partial charge in [-0.1, -0.05) is 6.07 Å². The van der Waals surface area contributed by atoms with Gasteiger partial charge in [0, 0.05) is 35.6 Å². The zero-order chi connectivity index (χ0) is 20.3. The average molecular weight is 405 g/mol. The molecule has 1 aromatic heterocycles. The van der Waals surface area contributed by atoms with Gasteiger partial charge in [-0.25, -0.2) is 4.79 Å². The van der Waals surface area contributed by atoms with Crippen molar-refractivity contribution in [2.45, 2.75) is 18.6 Å². The van der Waals surface area contributed by atoms with Gasteiger partial charge in [-0.05, 0) is 13.0 Å². The van der Waals surface area contributed by atoms with Crippen LogP contribution >= 0.6 is 11.8 Å². The zero-order valence-electron chi connectivity index (χ0n) is 16.3. The lowest BCUT2D eigenvalue weighted by molar-refractivity contribution is 0.322. The fraction of sp³-hybridized carbons (Fsp3) is 0.400. The third kappa shape index (κ3) is 3.82. The third-order valence-corrected chi connectivity index (χ3v) is 5.76. The summed E-state index contributed by atoms with van der Waals surface area (Å²) < 4.78 is 21.6. The highest BCUT2D eigenvalue weighted by Crippen LogP contribution is 2.47. The number of ether oxygens (including phenoxy) is 3. The third-order valence-electron chi connectivity index (χ3n) is 4.52. The SMILES string of the molecule is COc1ccc([C@H]2CC(c3c(O)cc(C)oc3=O)=NCCS2)c(OC)c1OC. The van der Waals surface area contributed by atoms with E-state index >= 15 is 0 Å². The highest BCUT2D eigenvalue weighted by Gasteiger charge is 2.28. The van der Waals surface area contributed by atoms with Crippen LogP contribution in [0.25, 0.3) is 0 Å². The van der Waals surface area contributed by atoms with Crippen LogP contribution in [0.15, 0.2) is 32.4 Å². The Morgan fingerprint density at radius 3 is 2.57 bits per heavy atom. The summed E-state index contributed by atoms with van der Waals surface area (Å²) in [6.45, 7) is 2.16. The first kappa shape index (κ1) is 20.1. The van der Waals surface area contributed by atoms with Crippen molar-refractivity contribution in [1.29, 1.82) is 0 Å². The summed E-state index contributed by atoms with van der Waals surface area (Å²) in [5.74, 6) is 2.69. The maximum atomic E-state index is 12.3. The molecule has 28 heavy (non-hydrogen) atoms. The molecule has 2 aromatic rings. The summed E-state index contributed by atoms with van der Waals surface area (Å²) >= 11 is 1.71. The van der Waals surface area contributed by atoms with E-state index in [0.29, 0.717) is 41.7 Å². The fourth-order valence-corrected chi connectivity index (χ4v) is 4.42. The second-order valence-corrected chi connectivity index (χ2v) is 7.53. The molecule has 0 saturated carbocycles. The van der Waals surface area contributed by atoms with Crippen LogP contribution in [0.4, 0.5) is 0 Å². The molecule has 0 radical (unpaired) electrons. The molecule has 0 aliphatic carbocycles. The summed E-state index contributed by atoms with van der Waals surface area (Å²) in [4.78, 5) is 16.9. The summed E-state index contributed by atoms with van der Waals surface area (Å²) in [6.07, 6.45) is 0.442. The second kappa shape index (κ2) is 8.60. The molecule has 1 aliphatic rings. The van der Waals surface area contributed by atoms with Crippen molar-refractivity contribution in [2.75, 3.05) is 33.6 Å². The Bertz CT molecular complexity index is 952. The van der Waals surface area contributed by atoms with Gasteiger partial charge in [-0.3, -0.25) is 4.99 Å². The first-order chi connectivity index (χ1) is 13.5. The van der Waals surface area contributed by atoms with E-state index in [4.69, 9.17) is 18.6 Å². The van der Waals surface area contributed by atoms with Crippen LogP contribution in [0.1, 0.15) is 28.6 Å². The lowest BCUT2D eigenvalue weighted by Crippen LogP contribution is -2.17. The Balaban J connectivity index is 2.04. The normalized spacial score (nSPS) is 16.9. The highest BCUT2D eigenvalue weighted by molar-refractivity contribution is 7.99. The van der Waals surface area contributed by atoms with Crippen molar-refractivity contribution < 1.29 is 23.7 Å². The van der Waals surface area contributed by atoms with E-state index < -0.39 is 5.63 Å². The van der Waals surface area contributed by atoms with Crippen LogP contribution in [0.5, 0.6) is 23.0 Å². The number of thioether (sulfide) groups is 1. The van der Waals surface area contributed by atoms with E-state index in [-0.39, 0.29) is 16.6 Å². The number of aliphatic imine (C=N–C) groups is 1. The Morgan fingerprint density at radius 1 is 1.18 bits per heavy atom. The molecule has 0 spiro atoms. The largest absolute Gasteiger partial charge is 0.507 e. The van der Waals surface area contributed by atoms with E-state index in [1.165, 1.54) is 6.07 Å². The van der Waals surface area contributed by atoms with Crippen molar-refractivity contribution >= 4 is 17.5 Å². The molecule has 8 heteroatoms. The van der Waals surface area contributed by atoms with Crippen LogP contribution in [0, 0.1) is 6.92 Å². The van der Waals surface area contributed by atoms with E-state index in [1.807, 2.05) is 12.1 Å². The van der Waals surface area contributed by atoms with Gasteiger partial charge in [0.1, 0.15) is 17.1 Å². The molecule has 7 nitrogen and oxygen atoms in total. The average Bonchev–Trinajstić information content (AvgIpc) is 2.91. The number of hydrogen-bond donors (Lipinski definition) is 1. The standard InChI is InChI=1S/C20H23NO6S/c1-11-9-14(22)17(20(23)27-11)13-10-16(28-8-7-21-13)12-5-6-15(24-2)19(26-4)18(12)25-3/h5-6,9,16,22H,7-8,10H2,1-4H3/t16-/m1/s1. The van der Waals surface area contributed by atoms with Gasteiger partial charge in [0.05, 0.1) is 27.0 Å². The molecule has 1 aliphatic heterocycles. The quantitative estimate of drug-likeness (QED) is 0.816. The molecule has 0 unspecified atom stereocenters. The number of methoxy groups -OCH3 is 3. The van der Waals surface area contributed by atoms with Crippen molar-refractivity contribution in [3.05, 3.63) is 45.5 Å². The van der Waals surface area contributed by atoms with Crippen molar-refractivity contribution in [2.24, 2.45) is 4.99 Å². The Morgan fingerprint density at radius 2 is 1.93 bits per heavy atom. The summed E-state index contributed by atoms with van der Waals surface area (Å²) in [5.41, 5.74) is 0.979. The molecule has 2 heterocycles. The number of benzene rings is 1. The van der Waals surface area contributed by atoms with Crippen LogP contribution < -0.4 is 19.8 Å². The van der Waals surface area contributed by atoms with Crippen molar-refractivity contribution in [3.8, 4) is 23.0 Å². The molecular formula is C20H23NO6S. The van der Waals surface area contributed by atoms with Crippen LogP contribution in [-0.2, 0) is 0 Å². The molecule has 1 atom stereocenters. The maximum absolute atomic E-state index is 12.3. The van der Waals surface area contributed by atoms with E-state index in [2.05, 4.69) is 4.99 Å². The molecule has 1 aromatic carbocycles. The molecule has 0 saturated heterocycles. The Hall–Kier alpha value is -2.61. The van der Waals surface area contributed by atoms with E-state index in [1.54, 1.807) is 40.0 Å². The van der Waals surface area contributed by atoms with Crippen LogP contribution in [0.2, 0.25) is 0 Å². The number of aromatic hydroxyl groups is 1. The van der Waals surface area contributed by atoms with Gasteiger partial charge < -0.3 is 23.7 Å². The monoisotopic (exact) mass is 405 g/mol. The molecule has 150 valence electrons. The lowest BCUT2D eigenvalue weighted by atomic mass is 10.0. The predicted octanol–water partition coefficient (Wildman–Crippen LogP) is 3.35. The lowest BCUT2D eigenvalue weighted by Gasteiger charge is -2.21. The zero-order valence-corrected chi connectivity index (χ0v) is 17.1. The number of hydrogen-bond acceptors (Lipinski definition) is 8. The molecule has 1 N–H and O–H groups in total. The highest BCUT2D eigenvalue weighted by atomic mass is 32.2.